The van der Waals surface area contributed by atoms with Gasteiger partial charge < -0.3 is 66.1 Å². The number of hydrogen-bond acceptors (Lipinski definition) is 19. The minimum atomic E-state index is -1.64. The Morgan fingerprint density at radius 3 is 2.09 bits per heavy atom. The first-order valence-corrected chi connectivity index (χ1v) is 32.3. The minimum absolute atomic E-state index is 0.0402. The summed E-state index contributed by atoms with van der Waals surface area (Å²) in [7, 11) is 1.23. The van der Waals surface area contributed by atoms with Gasteiger partial charge in [-0.25, -0.2) is 9.59 Å². The van der Waals surface area contributed by atoms with Gasteiger partial charge in [0.25, 0.3) is 11.8 Å². The fourth-order valence-corrected chi connectivity index (χ4v) is 11.3. The number of rotatable bonds is 28. The molecule has 25 nitrogen and oxygen atoms in total. The maximum Gasteiger partial charge on any atom is 0.333 e. The molecule has 2 saturated heterocycles. The summed E-state index contributed by atoms with van der Waals surface area (Å²) in [6.07, 6.45) is -7.86. The number of nitrogens with zero attached hydrogens (tertiary/aromatic N) is 1. The Balaban J connectivity index is 1.30. The van der Waals surface area contributed by atoms with Gasteiger partial charge in [-0.05, 0) is 99.6 Å². The number of amides is 7. The topological polar surface area (TPSA) is 369 Å². The van der Waals surface area contributed by atoms with Crippen LogP contribution in [-0.2, 0) is 84.6 Å². The lowest BCUT2D eigenvalue weighted by Crippen LogP contribution is -2.60. The van der Waals surface area contributed by atoms with E-state index in [2.05, 4.69) is 26.6 Å². The number of nitrogens with one attached hydrogen (secondary N) is 5. The zero-order valence-corrected chi connectivity index (χ0v) is 55.8. The number of hydroxylamine groups is 2. The van der Waals surface area contributed by atoms with Gasteiger partial charge >= 0.3 is 11.9 Å². The summed E-state index contributed by atoms with van der Waals surface area (Å²) in [5, 5.41) is 57.9. The van der Waals surface area contributed by atoms with Crippen LogP contribution in [0.5, 0.6) is 0 Å². The molecule has 0 spiro atoms. The van der Waals surface area contributed by atoms with Crippen molar-refractivity contribution >= 4 is 76.5 Å². The number of aliphatic hydroxyl groups excluding tert-OH is 4. The van der Waals surface area contributed by atoms with Crippen LogP contribution in [0.15, 0.2) is 54.6 Å². The van der Waals surface area contributed by atoms with E-state index >= 15 is 0 Å². The first-order valence-electron chi connectivity index (χ1n) is 31.9. The van der Waals surface area contributed by atoms with Crippen LogP contribution in [0.1, 0.15) is 161 Å². The van der Waals surface area contributed by atoms with Crippen molar-refractivity contribution in [3.63, 3.8) is 0 Å². The van der Waals surface area contributed by atoms with Gasteiger partial charge in [-0.15, -0.1) is 5.06 Å². The van der Waals surface area contributed by atoms with Gasteiger partial charge in [-0.1, -0.05) is 95.6 Å². The van der Waals surface area contributed by atoms with E-state index in [9.17, 15) is 73.2 Å². The SMILES string of the molecule is CO[C@@H]1O[C@H](CNC(=O)CC[C@H](CC(=O)[C@@H](NC(=O)CCCC(=O)ON2C(=O)CCC2=O)C(C)C)C(=O)CCc2ccc([C@@H](C)[C@H](O)[C@@H](C)[C@@H]3C/C=C/C(=O)N[C@H](Cc4ccc(C)c(Cl)c4)C(=O)N[C@@H](C)C(C)(C)C(=O)N[C@@H](CC(C)C)C(=O)O3)cc2)[C@@H](O)[C@H](O)[C@H]1O. The number of cyclic esters (lactones) is 1. The van der Waals surface area contributed by atoms with Crippen LogP contribution in [0.3, 0.4) is 0 Å². The number of esters is 1. The van der Waals surface area contributed by atoms with E-state index in [-0.39, 0.29) is 102 Å². The monoisotopic (exact) mass is 1320 g/mol. The number of carbonyl (C=O) groups excluding carboxylic acids is 11. The summed E-state index contributed by atoms with van der Waals surface area (Å²) < 4.78 is 16.8. The van der Waals surface area contributed by atoms with Crippen molar-refractivity contribution in [2.75, 3.05) is 13.7 Å². The third kappa shape index (κ3) is 22.3. The van der Waals surface area contributed by atoms with Crippen molar-refractivity contribution in [2.45, 2.75) is 226 Å². The molecule has 0 unspecified atom stereocenters. The Labute approximate surface area is 548 Å². The molecule has 2 aromatic carbocycles. The largest absolute Gasteiger partial charge is 0.460 e. The fourth-order valence-electron chi connectivity index (χ4n) is 11.1. The number of ether oxygens (including phenoxy) is 3. The molecule has 0 aliphatic carbocycles. The first-order chi connectivity index (χ1) is 43.7. The molecule has 9 N–H and O–H groups in total. The van der Waals surface area contributed by atoms with E-state index < -0.39 is 155 Å². The third-order valence-electron chi connectivity index (χ3n) is 17.7. The quantitative estimate of drug-likeness (QED) is 0.0432. The number of ketones is 2. The molecule has 3 aliphatic rings. The molecule has 26 heteroatoms. The molecule has 14 atom stereocenters. The van der Waals surface area contributed by atoms with Crippen LogP contribution in [0.4, 0.5) is 0 Å². The smallest absolute Gasteiger partial charge is 0.333 e. The third-order valence-corrected chi connectivity index (χ3v) is 18.1. The van der Waals surface area contributed by atoms with Crippen molar-refractivity contribution in [2.24, 2.45) is 29.1 Å². The number of imide groups is 1. The predicted molar refractivity (Wildman–Crippen MR) is 338 cm³/mol. The number of hydrogen-bond donors (Lipinski definition) is 9. The average Bonchev–Trinajstić information content (AvgIpc) is 1.73. The number of aryl methyl sites for hydroxylation is 2. The summed E-state index contributed by atoms with van der Waals surface area (Å²) in [6, 6.07) is 8.40. The molecule has 0 aromatic heterocycles. The number of carbonyl (C=O) groups is 11. The van der Waals surface area contributed by atoms with E-state index in [0.717, 1.165) is 5.56 Å². The second-order valence-corrected chi connectivity index (χ2v) is 26.5. The molecule has 3 heterocycles. The Bertz CT molecular complexity index is 2990. The highest BCUT2D eigenvalue weighted by molar-refractivity contribution is 6.31. The predicted octanol–water partition coefficient (Wildman–Crippen LogP) is 3.76. The molecular weight excluding hydrogens is 1230 g/mol. The van der Waals surface area contributed by atoms with Crippen molar-refractivity contribution in [1.29, 1.82) is 0 Å². The van der Waals surface area contributed by atoms with E-state index in [1.807, 2.05) is 32.9 Å². The van der Waals surface area contributed by atoms with Crippen LogP contribution in [-0.4, -0.2) is 171 Å². The van der Waals surface area contributed by atoms with Crippen molar-refractivity contribution in [3.8, 4) is 0 Å². The van der Waals surface area contributed by atoms with Crippen LogP contribution >= 0.6 is 11.6 Å². The molecule has 514 valence electrons. The molecule has 0 radical (unpaired) electrons. The molecule has 2 fully saturated rings. The first kappa shape index (κ1) is 76.7. The minimum Gasteiger partial charge on any atom is -0.460 e. The lowest BCUT2D eigenvalue weighted by Gasteiger charge is -2.39. The summed E-state index contributed by atoms with van der Waals surface area (Å²) in [6.45, 7) is 17.1. The Hall–Kier alpha value is -7.00. The van der Waals surface area contributed by atoms with Gasteiger partial charge in [0, 0.05) is 100 Å². The maximum absolute atomic E-state index is 14.3. The normalized spacial score (nSPS) is 25.2. The van der Waals surface area contributed by atoms with Gasteiger partial charge in [0.2, 0.25) is 29.5 Å². The van der Waals surface area contributed by atoms with Crippen LogP contribution in [0.2, 0.25) is 5.02 Å². The summed E-state index contributed by atoms with van der Waals surface area (Å²) in [4.78, 5) is 152. The highest BCUT2D eigenvalue weighted by Crippen LogP contribution is 2.31. The van der Waals surface area contributed by atoms with Gasteiger partial charge in [0.05, 0.1) is 17.6 Å². The summed E-state index contributed by atoms with van der Waals surface area (Å²) in [5.74, 6) is -9.60. The molecule has 0 saturated carbocycles. The summed E-state index contributed by atoms with van der Waals surface area (Å²) in [5.41, 5.74) is 1.64. The van der Waals surface area contributed by atoms with E-state index in [1.54, 1.807) is 78.8 Å². The highest BCUT2D eigenvalue weighted by atomic mass is 35.5. The Morgan fingerprint density at radius 2 is 1.46 bits per heavy atom. The van der Waals surface area contributed by atoms with Gasteiger partial charge in [-0.2, -0.15) is 0 Å². The summed E-state index contributed by atoms with van der Waals surface area (Å²) >= 11 is 6.43. The molecular formula is C67H95ClN6O19. The molecule has 0 bridgehead atoms. The van der Waals surface area contributed by atoms with Crippen molar-refractivity contribution < 1.29 is 92.2 Å². The number of benzene rings is 2. The second-order valence-electron chi connectivity index (χ2n) is 26.1. The molecule has 93 heavy (non-hydrogen) atoms. The van der Waals surface area contributed by atoms with Crippen LogP contribution in [0, 0.1) is 36.0 Å². The number of aliphatic hydroxyl groups is 4. The zero-order valence-electron chi connectivity index (χ0n) is 55.1. The van der Waals surface area contributed by atoms with Crippen molar-refractivity contribution in [1.82, 2.24) is 31.6 Å². The van der Waals surface area contributed by atoms with Gasteiger partial charge in [-0.3, -0.25) is 43.2 Å². The molecule has 3 aliphatic heterocycles. The van der Waals surface area contributed by atoms with Crippen molar-refractivity contribution in [3.05, 3.63) is 81.9 Å². The lowest BCUT2D eigenvalue weighted by atomic mass is 9.83. The van der Waals surface area contributed by atoms with Gasteiger partial charge in [0.15, 0.2) is 12.1 Å². The van der Waals surface area contributed by atoms with Crippen LogP contribution in [0.25, 0.3) is 0 Å². The zero-order chi connectivity index (χ0) is 69.2. The van der Waals surface area contributed by atoms with E-state index in [4.69, 9.17) is 30.6 Å². The number of Topliss-reactive ketones (excluding diaryl/α,β-unsaturated/α-hetero) is 2. The molecule has 2 aromatic rings. The average molecular weight is 1320 g/mol. The lowest BCUT2D eigenvalue weighted by molar-refractivity contribution is -0.288. The standard InChI is InChI=1S/C67H95ClN6O19/c1-35(2)30-47-64(88)91-50(14-12-15-53(78)71-46(32-42-19-18-37(5)45(68)31-42)63(87)70-40(8)67(9,10)66(89)72-47)39(7)59(83)38(6)43-23-20-41(21-24-43)22-26-48(75)44(25-27-52(77)69-34-51-60(84)61(85)62(86)65(90-11)92-51)33-49(76)58(36(3)4)73-54(79)16-13-17-57(82)93-74-55(80)28-29-56(74)81/h12,15,18-21,23-24,31,35-36,38-40,44,46-47,50-51,58-62,65,83-86H,13-14,16-17,22,25-30,32-34H2,1-11H3,(H,69,77)(H,70,87)(H,71,78)(H,72,89)(H,73,79)/b15-12+/t38-,39+,40+,44-,46-,47+,50+,51-,58+,59+,60-,61+,62-,65-/m1/s1. The fraction of sp³-hybridized carbons (Fsp3) is 0.627. The highest BCUT2D eigenvalue weighted by Gasteiger charge is 2.45. The van der Waals surface area contributed by atoms with Gasteiger partial charge in [0.1, 0.15) is 48.4 Å². The van der Waals surface area contributed by atoms with E-state index in [0.29, 0.717) is 26.8 Å². The van der Waals surface area contributed by atoms with E-state index in [1.165, 1.54) is 19.3 Å². The van der Waals surface area contributed by atoms with Crippen LogP contribution < -0.4 is 26.6 Å². The Kier molecular flexibility index (Phi) is 29.3. The second kappa shape index (κ2) is 35.5. The Morgan fingerprint density at radius 1 is 0.806 bits per heavy atom. The number of halogens is 1. The number of methoxy groups -OCH3 is 1. The molecule has 5 rings (SSSR count). The maximum atomic E-state index is 14.3. The molecule has 7 amide bonds.